The zero-order valence-electron chi connectivity index (χ0n) is 9.58. The molecule has 0 saturated carbocycles. The largest absolute Gasteiger partial charge is 0.396 e. The maximum absolute atomic E-state index is 13.0. The van der Waals surface area contributed by atoms with Gasteiger partial charge in [0.25, 0.3) is 5.91 Å². The van der Waals surface area contributed by atoms with Gasteiger partial charge in [-0.05, 0) is 36.4 Å². The first-order chi connectivity index (χ1) is 8.97. The Bertz CT molecular complexity index is 647. The highest BCUT2D eigenvalue weighted by Gasteiger charge is 2.12. The van der Waals surface area contributed by atoms with Crippen molar-refractivity contribution in [2.75, 3.05) is 11.1 Å². The van der Waals surface area contributed by atoms with Crippen molar-refractivity contribution in [3.63, 3.8) is 0 Å². The van der Waals surface area contributed by atoms with Crippen molar-refractivity contribution < 1.29 is 9.18 Å². The molecule has 3 N–H and O–H groups in total. The lowest BCUT2D eigenvalue weighted by Gasteiger charge is -2.08. The summed E-state index contributed by atoms with van der Waals surface area (Å²) in [4.78, 5) is 12.0. The molecule has 0 unspecified atom stereocenters. The third kappa shape index (κ3) is 3.16. The van der Waals surface area contributed by atoms with Crippen LogP contribution in [0.2, 0.25) is 10.0 Å². The van der Waals surface area contributed by atoms with Crippen LogP contribution in [0.1, 0.15) is 10.4 Å². The summed E-state index contributed by atoms with van der Waals surface area (Å²) in [5.74, 6) is -0.989. The van der Waals surface area contributed by atoms with Crippen molar-refractivity contribution in [1.82, 2.24) is 0 Å². The Morgan fingerprint density at radius 2 is 1.89 bits per heavy atom. The zero-order valence-corrected chi connectivity index (χ0v) is 11.1. The Morgan fingerprint density at radius 3 is 2.58 bits per heavy atom. The molecule has 0 radical (unpaired) electrons. The maximum Gasteiger partial charge on any atom is 0.257 e. The van der Waals surface area contributed by atoms with Gasteiger partial charge in [-0.25, -0.2) is 4.39 Å². The van der Waals surface area contributed by atoms with Crippen LogP contribution < -0.4 is 11.1 Å². The molecule has 0 spiro atoms. The van der Waals surface area contributed by atoms with Gasteiger partial charge < -0.3 is 11.1 Å². The maximum atomic E-state index is 13.0. The minimum Gasteiger partial charge on any atom is -0.396 e. The number of amides is 1. The van der Waals surface area contributed by atoms with Crippen LogP contribution in [0.15, 0.2) is 36.4 Å². The van der Waals surface area contributed by atoms with Gasteiger partial charge in [0, 0.05) is 10.7 Å². The van der Waals surface area contributed by atoms with E-state index < -0.39 is 11.7 Å². The predicted octanol–water partition coefficient (Wildman–Crippen LogP) is 3.97. The van der Waals surface area contributed by atoms with Crippen LogP contribution >= 0.6 is 23.2 Å². The van der Waals surface area contributed by atoms with Crippen LogP contribution in [0, 0.1) is 5.82 Å². The molecule has 19 heavy (non-hydrogen) atoms. The SMILES string of the molecule is Nc1cc(NC(=O)c2cc(Cl)ccc2Cl)ccc1F. The van der Waals surface area contributed by atoms with Crippen molar-refractivity contribution in [1.29, 1.82) is 0 Å². The molecular weight excluding hydrogens is 290 g/mol. The molecule has 0 bridgehead atoms. The summed E-state index contributed by atoms with van der Waals surface area (Å²) in [6.07, 6.45) is 0. The average molecular weight is 299 g/mol. The summed E-state index contributed by atoms with van der Waals surface area (Å²) >= 11 is 11.7. The predicted molar refractivity (Wildman–Crippen MR) is 75.2 cm³/mol. The molecule has 6 heteroatoms. The smallest absolute Gasteiger partial charge is 0.257 e. The second kappa shape index (κ2) is 5.47. The van der Waals surface area contributed by atoms with Crippen LogP contribution in [-0.4, -0.2) is 5.91 Å². The Hall–Kier alpha value is -1.78. The molecule has 0 heterocycles. The van der Waals surface area contributed by atoms with Gasteiger partial charge in [0.1, 0.15) is 5.82 Å². The number of anilines is 2. The number of halogens is 3. The molecular formula is C13H9Cl2FN2O. The molecule has 3 nitrogen and oxygen atoms in total. The molecule has 0 aliphatic rings. The van der Waals surface area contributed by atoms with Crippen LogP contribution in [0.3, 0.4) is 0 Å². The first-order valence-corrected chi connectivity index (χ1v) is 6.04. The summed E-state index contributed by atoms with van der Waals surface area (Å²) in [7, 11) is 0. The third-order valence-corrected chi connectivity index (χ3v) is 2.99. The molecule has 1 amide bonds. The molecule has 0 aliphatic heterocycles. The van der Waals surface area contributed by atoms with Gasteiger partial charge in [-0.15, -0.1) is 0 Å². The standard InChI is InChI=1S/C13H9Cl2FN2O/c14-7-1-3-10(15)9(5-7)13(19)18-8-2-4-11(16)12(17)6-8/h1-6H,17H2,(H,18,19). The van der Waals surface area contributed by atoms with Gasteiger partial charge in [-0.1, -0.05) is 23.2 Å². The lowest BCUT2D eigenvalue weighted by molar-refractivity contribution is 0.102. The molecule has 2 aromatic rings. The highest BCUT2D eigenvalue weighted by atomic mass is 35.5. The monoisotopic (exact) mass is 298 g/mol. The fraction of sp³-hybridized carbons (Fsp3) is 0. The van der Waals surface area contributed by atoms with Crippen molar-refractivity contribution in [2.45, 2.75) is 0 Å². The molecule has 2 aromatic carbocycles. The van der Waals surface area contributed by atoms with Crippen LogP contribution in [-0.2, 0) is 0 Å². The summed E-state index contributed by atoms with van der Waals surface area (Å²) in [6, 6.07) is 8.46. The van der Waals surface area contributed by atoms with Gasteiger partial charge in [0.15, 0.2) is 0 Å². The minimum absolute atomic E-state index is 0.0463. The van der Waals surface area contributed by atoms with E-state index in [0.29, 0.717) is 10.7 Å². The van der Waals surface area contributed by atoms with E-state index in [1.54, 1.807) is 6.07 Å². The number of nitrogens with one attached hydrogen (secondary N) is 1. The third-order valence-electron chi connectivity index (χ3n) is 2.43. The molecule has 98 valence electrons. The Morgan fingerprint density at radius 1 is 1.16 bits per heavy atom. The summed E-state index contributed by atoms with van der Waals surface area (Å²) < 4.78 is 13.0. The van der Waals surface area contributed by atoms with E-state index in [2.05, 4.69) is 5.32 Å². The Kier molecular flexibility index (Phi) is 3.93. The quantitative estimate of drug-likeness (QED) is 0.824. The second-order valence-electron chi connectivity index (χ2n) is 3.81. The molecule has 0 saturated heterocycles. The van der Waals surface area contributed by atoms with Crippen LogP contribution in [0.5, 0.6) is 0 Å². The van der Waals surface area contributed by atoms with Gasteiger partial charge >= 0.3 is 0 Å². The van der Waals surface area contributed by atoms with E-state index >= 15 is 0 Å². The number of hydrogen-bond acceptors (Lipinski definition) is 2. The van der Waals surface area contributed by atoms with Crippen molar-refractivity contribution in [3.8, 4) is 0 Å². The lowest BCUT2D eigenvalue weighted by Crippen LogP contribution is -2.12. The second-order valence-corrected chi connectivity index (χ2v) is 4.66. The van der Waals surface area contributed by atoms with Crippen molar-refractivity contribution >= 4 is 40.5 Å². The van der Waals surface area contributed by atoms with Crippen LogP contribution in [0.25, 0.3) is 0 Å². The fourth-order valence-corrected chi connectivity index (χ4v) is 1.87. The van der Waals surface area contributed by atoms with E-state index in [9.17, 15) is 9.18 Å². The first-order valence-electron chi connectivity index (χ1n) is 5.29. The van der Waals surface area contributed by atoms with E-state index in [1.165, 1.54) is 30.3 Å². The first kappa shape index (κ1) is 13.6. The molecule has 0 fully saturated rings. The van der Waals surface area contributed by atoms with Crippen molar-refractivity contribution in [2.24, 2.45) is 0 Å². The molecule has 0 aliphatic carbocycles. The normalized spacial score (nSPS) is 10.3. The minimum atomic E-state index is -0.543. The van der Waals surface area contributed by atoms with Gasteiger partial charge in [0.2, 0.25) is 0 Å². The molecule has 2 rings (SSSR count). The topological polar surface area (TPSA) is 55.1 Å². The molecule has 0 aromatic heterocycles. The highest BCUT2D eigenvalue weighted by molar-refractivity contribution is 6.36. The van der Waals surface area contributed by atoms with Gasteiger partial charge in [0.05, 0.1) is 16.3 Å². The Labute approximate surface area is 119 Å². The number of nitrogens with two attached hydrogens (primary N) is 1. The summed E-state index contributed by atoms with van der Waals surface area (Å²) in [5, 5.41) is 3.24. The number of hydrogen-bond donors (Lipinski definition) is 2. The Balaban J connectivity index is 2.25. The molecule has 0 atom stereocenters. The van der Waals surface area contributed by atoms with Gasteiger partial charge in [-0.2, -0.15) is 0 Å². The average Bonchev–Trinajstić information content (AvgIpc) is 2.36. The van der Waals surface area contributed by atoms with Crippen LogP contribution in [0.4, 0.5) is 15.8 Å². The number of rotatable bonds is 2. The zero-order chi connectivity index (χ0) is 14.0. The number of carbonyl (C=O) groups excluding carboxylic acids is 1. The van der Waals surface area contributed by atoms with Gasteiger partial charge in [-0.3, -0.25) is 4.79 Å². The van der Waals surface area contributed by atoms with E-state index in [4.69, 9.17) is 28.9 Å². The van der Waals surface area contributed by atoms with E-state index in [1.807, 2.05) is 0 Å². The number of benzene rings is 2. The van der Waals surface area contributed by atoms with E-state index in [-0.39, 0.29) is 16.3 Å². The highest BCUT2D eigenvalue weighted by Crippen LogP contribution is 2.23. The van der Waals surface area contributed by atoms with Crippen molar-refractivity contribution in [3.05, 3.63) is 57.8 Å². The number of carbonyl (C=O) groups is 1. The summed E-state index contributed by atoms with van der Waals surface area (Å²) in [5.41, 5.74) is 5.98. The lowest BCUT2D eigenvalue weighted by atomic mass is 10.2. The fourth-order valence-electron chi connectivity index (χ4n) is 1.49. The number of nitrogen functional groups attached to an aromatic ring is 1. The summed E-state index contributed by atoms with van der Waals surface area (Å²) in [6.45, 7) is 0. The van der Waals surface area contributed by atoms with E-state index in [0.717, 1.165) is 0 Å².